The van der Waals surface area contributed by atoms with Gasteiger partial charge in [-0.15, -0.1) is 0 Å². The molecule has 1 N–H and O–H groups in total. The van der Waals surface area contributed by atoms with Gasteiger partial charge in [-0.25, -0.2) is 0 Å². The molecule has 32 heavy (non-hydrogen) atoms. The van der Waals surface area contributed by atoms with E-state index >= 15 is 0 Å². The van der Waals surface area contributed by atoms with E-state index in [-0.39, 0.29) is 0 Å². The molecule has 0 radical (unpaired) electrons. The maximum atomic E-state index is 10.2. The molecule has 3 aromatic rings. The highest BCUT2D eigenvalue weighted by Crippen LogP contribution is 2.29. The topological polar surface area (TPSA) is 31.6 Å². The summed E-state index contributed by atoms with van der Waals surface area (Å²) in [5.41, 5.74) is 3.78. The zero-order chi connectivity index (χ0) is 21.8. The predicted octanol–water partition coefficient (Wildman–Crippen LogP) is 6.09. The van der Waals surface area contributed by atoms with Crippen molar-refractivity contribution >= 4 is 21.8 Å². The van der Waals surface area contributed by atoms with E-state index in [2.05, 4.69) is 75.0 Å². The van der Waals surface area contributed by atoms with Gasteiger partial charge < -0.3 is 14.6 Å². The van der Waals surface area contributed by atoms with Gasteiger partial charge in [0, 0.05) is 61.0 Å². The molecular weight excluding hydrogens is 394 g/mol. The van der Waals surface area contributed by atoms with E-state index in [1.807, 2.05) is 0 Å². The number of hydrogen-bond donors (Lipinski definition) is 1. The third kappa shape index (κ3) is 4.42. The lowest BCUT2D eigenvalue weighted by Gasteiger charge is -2.37. The normalized spacial score (nSPS) is 17.7. The molecule has 0 bridgehead atoms. The number of unbranched alkanes of at least 4 members (excludes halogenated alkanes) is 3. The van der Waals surface area contributed by atoms with Gasteiger partial charge >= 0.3 is 0 Å². The summed E-state index contributed by atoms with van der Waals surface area (Å²) in [6.45, 7) is 6.55. The number of nitrogens with zero attached hydrogens (tertiary/aromatic N) is 3. The Morgan fingerprint density at radius 3 is 2.00 bits per heavy atom. The van der Waals surface area contributed by atoms with Crippen LogP contribution in [-0.2, 0) is 6.54 Å². The average Bonchev–Trinajstić information content (AvgIpc) is 3.16. The van der Waals surface area contributed by atoms with Gasteiger partial charge in [0.1, 0.15) is 5.76 Å². The molecule has 168 valence electrons. The molecule has 0 amide bonds. The molecule has 1 aliphatic heterocycles. The summed E-state index contributed by atoms with van der Waals surface area (Å²) in [4.78, 5) is 4.95. The molecule has 2 aromatic carbocycles. The number of aromatic nitrogens is 1. The Bertz CT molecular complexity index is 1060. The van der Waals surface area contributed by atoms with Crippen LogP contribution in [0.5, 0.6) is 0 Å². The predicted molar refractivity (Wildman–Crippen MR) is 134 cm³/mol. The zero-order valence-corrected chi connectivity index (χ0v) is 19.0. The number of allylic oxidation sites excluding steroid dienone is 3. The van der Waals surface area contributed by atoms with Gasteiger partial charge in [0.2, 0.25) is 0 Å². The Morgan fingerprint density at radius 1 is 0.719 bits per heavy atom. The molecule has 0 unspecified atom stereocenters. The lowest BCUT2D eigenvalue weighted by molar-refractivity contribution is 0.153. The molecule has 1 saturated heterocycles. The monoisotopic (exact) mass is 429 g/mol. The van der Waals surface area contributed by atoms with Crippen LogP contribution in [0.3, 0.4) is 0 Å². The van der Waals surface area contributed by atoms with Crippen molar-refractivity contribution in [1.82, 2.24) is 14.4 Å². The molecule has 2 aliphatic rings. The third-order valence-electron chi connectivity index (χ3n) is 7.12. The van der Waals surface area contributed by atoms with Crippen molar-refractivity contribution in [2.75, 3.05) is 32.7 Å². The van der Waals surface area contributed by atoms with Crippen LogP contribution >= 0.6 is 0 Å². The number of para-hydroxylation sites is 2. The molecule has 1 aromatic heterocycles. The van der Waals surface area contributed by atoms with Crippen LogP contribution in [-0.4, -0.2) is 52.2 Å². The lowest BCUT2D eigenvalue weighted by Crippen LogP contribution is -2.46. The van der Waals surface area contributed by atoms with Crippen LogP contribution < -0.4 is 0 Å². The van der Waals surface area contributed by atoms with Crippen LogP contribution in [0.4, 0.5) is 0 Å². The van der Waals surface area contributed by atoms with Crippen LogP contribution in [0.25, 0.3) is 21.8 Å². The Morgan fingerprint density at radius 2 is 1.34 bits per heavy atom. The Kier molecular flexibility index (Phi) is 6.49. The molecular formula is C28H35N3O. The SMILES string of the molecule is OC1=C(N2CCN(CCCCCCn3c4ccccc4c4ccccc43)CC2)C=CCC1. The van der Waals surface area contributed by atoms with Crippen molar-refractivity contribution in [3.05, 3.63) is 72.1 Å². The van der Waals surface area contributed by atoms with Crippen LogP contribution in [0.2, 0.25) is 0 Å². The highest BCUT2D eigenvalue weighted by molar-refractivity contribution is 6.07. The van der Waals surface area contributed by atoms with Crippen molar-refractivity contribution in [3.63, 3.8) is 0 Å². The molecule has 0 spiro atoms. The standard InChI is InChI=1S/C28H35N3O/c32-28-16-8-7-15-27(28)30-21-19-29(20-22-30)17-9-1-2-10-18-31-25-13-5-3-11-23(25)24-12-4-6-14-26(24)31/h3-7,11-15,32H,1-2,8-10,16-22H2. The Balaban J connectivity index is 1.06. The number of piperazine rings is 1. The summed E-state index contributed by atoms with van der Waals surface area (Å²) < 4.78 is 2.51. The van der Waals surface area contributed by atoms with Gasteiger partial charge in [-0.2, -0.15) is 0 Å². The quantitative estimate of drug-likeness (QED) is 0.440. The fourth-order valence-corrected chi connectivity index (χ4v) is 5.34. The average molecular weight is 430 g/mol. The molecule has 5 rings (SSSR count). The van der Waals surface area contributed by atoms with Gasteiger partial charge in [0.25, 0.3) is 0 Å². The van der Waals surface area contributed by atoms with Crippen molar-refractivity contribution < 1.29 is 5.11 Å². The van der Waals surface area contributed by atoms with E-state index in [9.17, 15) is 5.11 Å². The maximum Gasteiger partial charge on any atom is 0.116 e. The summed E-state index contributed by atoms with van der Waals surface area (Å²) in [5, 5.41) is 12.9. The van der Waals surface area contributed by atoms with E-state index < -0.39 is 0 Å². The van der Waals surface area contributed by atoms with Gasteiger partial charge in [-0.1, -0.05) is 55.3 Å². The first-order valence-electron chi connectivity index (χ1n) is 12.3. The third-order valence-corrected chi connectivity index (χ3v) is 7.12. The number of benzene rings is 2. The largest absolute Gasteiger partial charge is 0.510 e. The van der Waals surface area contributed by atoms with E-state index in [0.29, 0.717) is 5.76 Å². The first kappa shape index (κ1) is 21.1. The molecule has 4 nitrogen and oxygen atoms in total. The number of hydrogen-bond acceptors (Lipinski definition) is 3. The van der Waals surface area contributed by atoms with Crippen molar-refractivity contribution in [3.8, 4) is 0 Å². The first-order chi connectivity index (χ1) is 15.8. The minimum Gasteiger partial charge on any atom is -0.510 e. The number of aliphatic hydroxyl groups excluding tert-OH is 1. The van der Waals surface area contributed by atoms with Crippen LogP contribution in [0.1, 0.15) is 38.5 Å². The summed E-state index contributed by atoms with van der Waals surface area (Å²) in [7, 11) is 0. The fraction of sp³-hybridized carbons (Fsp3) is 0.429. The molecule has 2 heterocycles. The number of aliphatic hydroxyl groups is 1. The molecule has 1 fully saturated rings. The molecule has 0 saturated carbocycles. The van der Waals surface area contributed by atoms with Gasteiger partial charge in [0.15, 0.2) is 0 Å². The van der Waals surface area contributed by atoms with E-state index in [0.717, 1.165) is 51.3 Å². The summed E-state index contributed by atoms with van der Waals surface area (Å²) in [5.74, 6) is 0.573. The number of aryl methyl sites for hydroxylation is 1. The van der Waals surface area contributed by atoms with Crippen molar-refractivity contribution in [1.29, 1.82) is 0 Å². The van der Waals surface area contributed by atoms with Crippen LogP contribution in [0.15, 0.2) is 72.1 Å². The van der Waals surface area contributed by atoms with Crippen molar-refractivity contribution in [2.24, 2.45) is 0 Å². The Hall–Kier alpha value is -2.72. The molecule has 1 aliphatic carbocycles. The fourth-order valence-electron chi connectivity index (χ4n) is 5.34. The second kappa shape index (κ2) is 9.83. The van der Waals surface area contributed by atoms with Crippen molar-refractivity contribution in [2.45, 2.75) is 45.1 Å². The molecule has 4 heteroatoms. The minimum absolute atomic E-state index is 0.573. The summed E-state index contributed by atoms with van der Waals surface area (Å²) in [6.07, 6.45) is 11.1. The maximum absolute atomic E-state index is 10.2. The van der Waals surface area contributed by atoms with Gasteiger partial charge in [0.05, 0.1) is 5.70 Å². The Labute approximate surface area is 191 Å². The summed E-state index contributed by atoms with van der Waals surface area (Å²) in [6, 6.07) is 17.6. The van der Waals surface area contributed by atoms with Gasteiger partial charge in [-0.05, 0) is 44.0 Å². The highest BCUT2D eigenvalue weighted by Gasteiger charge is 2.20. The van der Waals surface area contributed by atoms with E-state index in [4.69, 9.17) is 0 Å². The molecule has 0 atom stereocenters. The van der Waals surface area contributed by atoms with Gasteiger partial charge in [-0.3, -0.25) is 4.90 Å². The number of rotatable bonds is 8. The highest BCUT2D eigenvalue weighted by atomic mass is 16.3. The number of fused-ring (bicyclic) bond motifs is 3. The second-order valence-electron chi connectivity index (χ2n) is 9.20. The minimum atomic E-state index is 0.573. The second-order valence-corrected chi connectivity index (χ2v) is 9.20. The summed E-state index contributed by atoms with van der Waals surface area (Å²) >= 11 is 0. The zero-order valence-electron chi connectivity index (χ0n) is 19.0. The smallest absolute Gasteiger partial charge is 0.116 e. The van der Waals surface area contributed by atoms with E-state index in [1.165, 1.54) is 54.0 Å². The first-order valence-corrected chi connectivity index (χ1v) is 12.3. The lowest BCUT2D eigenvalue weighted by atomic mass is 10.1. The van der Waals surface area contributed by atoms with E-state index in [1.54, 1.807) is 0 Å². The van der Waals surface area contributed by atoms with Crippen LogP contribution in [0, 0.1) is 0 Å².